The highest BCUT2D eigenvalue weighted by Gasteiger charge is 2.31. The Hall–Kier alpha value is -3.22. The minimum atomic E-state index is 0.0817. The maximum Gasteiger partial charge on any atom is 0.220 e. The molecule has 1 fully saturated rings. The van der Waals surface area contributed by atoms with Crippen LogP contribution in [0.1, 0.15) is 24.6 Å². The maximum atomic E-state index is 5.92. The summed E-state index contributed by atoms with van der Waals surface area (Å²) in [6.07, 6.45) is 9.00. The average molecular weight is 348 g/mol. The van der Waals surface area contributed by atoms with E-state index in [0.717, 1.165) is 47.8 Å². The predicted molar refractivity (Wildman–Crippen MR) is 99.8 cm³/mol. The van der Waals surface area contributed by atoms with E-state index in [9.17, 15) is 0 Å². The third-order valence-corrected chi connectivity index (χ3v) is 4.63. The summed E-state index contributed by atoms with van der Waals surface area (Å²) >= 11 is 0. The summed E-state index contributed by atoms with van der Waals surface area (Å²) in [6, 6.07) is 7.98. The van der Waals surface area contributed by atoms with Crippen molar-refractivity contribution in [2.75, 3.05) is 24.3 Å². The van der Waals surface area contributed by atoms with Crippen molar-refractivity contribution in [3.63, 3.8) is 0 Å². The van der Waals surface area contributed by atoms with Crippen LogP contribution >= 0.6 is 0 Å². The van der Waals surface area contributed by atoms with Crippen LogP contribution < -0.4 is 15.4 Å². The number of benzene rings is 1. The summed E-state index contributed by atoms with van der Waals surface area (Å²) in [5, 5.41) is 0. The van der Waals surface area contributed by atoms with Gasteiger partial charge in [0.05, 0.1) is 25.0 Å². The van der Waals surface area contributed by atoms with Gasteiger partial charge in [-0.25, -0.2) is 15.0 Å². The number of hydrogen-bond donors (Lipinski definition) is 1. The number of hydrogen-bond acceptors (Lipinski definition) is 7. The molecule has 1 atom stereocenters. The first-order valence-corrected chi connectivity index (χ1v) is 8.56. The molecule has 0 bridgehead atoms. The highest BCUT2D eigenvalue weighted by atomic mass is 16.5. The van der Waals surface area contributed by atoms with Crippen molar-refractivity contribution in [2.45, 2.75) is 18.9 Å². The molecule has 2 N–H and O–H groups in total. The molecule has 1 aliphatic rings. The molecule has 3 heterocycles. The molecule has 1 saturated heterocycles. The summed E-state index contributed by atoms with van der Waals surface area (Å²) in [6.45, 7) is 0.908. The third kappa shape index (κ3) is 3.03. The zero-order chi connectivity index (χ0) is 17.9. The van der Waals surface area contributed by atoms with Gasteiger partial charge in [0.15, 0.2) is 0 Å². The first-order valence-electron chi connectivity index (χ1n) is 8.56. The average Bonchev–Trinajstić information content (AvgIpc) is 3.18. The second-order valence-electron chi connectivity index (χ2n) is 6.17. The molecule has 4 rings (SSSR count). The van der Waals surface area contributed by atoms with Crippen LogP contribution in [0.3, 0.4) is 0 Å². The molecule has 1 aliphatic heterocycles. The van der Waals surface area contributed by atoms with Crippen molar-refractivity contribution in [3.05, 3.63) is 54.7 Å². The van der Waals surface area contributed by atoms with Crippen LogP contribution in [-0.4, -0.2) is 33.6 Å². The smallest absolute Gasteiger partial charge is 0.220 e. The number of nitrogens with zero attached hydrogens (tertiary/aromatic N) is 5. The quantitative estimate of drug-likeness (QED) is 0.775. The van der Waals surface area contributed by atoms with E-state index in [0.29, 0.717) is 0 Å². The standard InChI is InChI=1S/C19H20N6O/c1-26-14-5-2-4-13(10-14)15-11-23-19(20)24-18(15)16-6-3-9-25(16)17-12-21-7-8-22-17/h2,4-5,7-8,10-12,16H,3,6,9H2,1H3,(H2,20,23,24). The van der Waals surface area contributed by atoms with Gasteiger partial charge in [0.25, 0.3) is 0 Å². The summed E-state index contributed by atoms with van der Waals surface area (Å²) < 4.78 is 5.36. The lowest BCUT2D eigenvalue weighted by atomic mass is 9.99. The third-order valence-electron chi connectivity index (χ3n) is 4.63. The highest BCUT2D eigenvalue weighted by Crippen LogP contribution is 2.39. The first kappa shape index (κ1) is 16.3. The number of aromatic nitrogens is 4. The monoisotopic (exact) mass is 348 g/mol. The van der Waals surface area contributed by atoms with Gasteiger partial charge in [-0.3, -0.25) is 4.98 Å². The summed E-state index contributed by atoms with van der Waals surface area (Å²) in [5.74, 6) is 1.92. The second kappa shape index (κ2) is 6.95. The Morgan fingerprint density at radius 2 is 2.12 bits per heavy atom. The molecule has 7 heteroatoms. The van der Waals surface area contributed by atoms with Crippen molar-refractivity contribution in [1.82, 2.24) is 19.9 Å². The van der Waals surface area contributed by atoms with Crippen molar-refractivity contribution < 1.29 is 4.74 Å². The Kier molecular flexibility index (Phi) is 4.35. The van der Waals surface area contributed by atoms with Crippen molar-refractivity contribution in [1.29, 1.82) is 0 Å². The number of rotatable bonds is 4. The molecule has 1 aromatic carbocycles. The molecule has 7 nitrogen and oxygen atoms in total. The fourth-order valence-electron chi connectivity index (χ4n) is 3.44. The van der Waals surface area contributed by atoms with E-state index >= 15 is 0 Å². The number of nitrogen functional groups attached to an aromatic ring is 1. The summed E-state index contributed by atoms with van der Waals surface area (Å²) in [7, 11) is 1.66. The highest BCUT2D eigenvalue weighted by molar-refractivity contribution is 5.68. The van der Waals surface area contributed by atoms with Crippen LogP contribution in [0.5, 0.6) is 5.75 Å². The van der Waals surface area contributed by atoms with Crippen molar-refractivity contribution in [2.24, 2.45) is 0 Å². The van der Waals surface area contributed by atoms with Crippen LogP contribution in [0.15, 0.2) is 49.1 Å². The number of ether oxygens (including phenoxy) is 1. The van der Waals surface area contributed by atoms with E-state index in [1.165, 1.54) is 0 Å². The molecular weight excluding hydrogens is 328 g/mol. The molecule has 0 amide bonds. The van der Waals surface area contributed by atoms with Crippen LogP contribution in [0.2, 0.25) is 0 Å². The normalized spacial score (nSPS) is 16.7. The predicted octanol–water partition coefficient (Wildman–Crippen LogP) is 2.87. The Labute approximate surface area is 151 Å². The Morgan fingerprint density at radius 1 is 1.19 bits per heavy atom. The van der Waals surface area contributed by atoms with Gasteiger partial charge in [0.1, 0.15) is 11.6 Å². The van der Waals surface area contributed by atoms with Gasteiger partial charge in [-0.15, -0.1) is 0 Å². The fraction of sp³-hybridized carbons (Fsp3) is 0.263. The lowest BCUT2D eigenvalue weighted by molar-refractivity contribution is 0.415. The van der Waals surface area contributed by atoms with Gasteiger partial charge in [0.2, 0.25) is 5.95 Å². The largest absolute Gasteiger partial charge is 0.497 e. The van der Waals surface area contributed by atoms with Crippen LogP contribution in [0.4, 0.5) is 11.8 Å². The van der Waals surface area contributed by atoms with Crippen LogP contribution in [0, 0.1) is 0 Å². The van der Waals surface area contributed by atoms with E-state index in [-0.39, 0.29) is 12.0 Å². The zero-order valence-corrected chi connectivity index (χ0v) is 14.5. The molecular formula is C19H20N6O. The summed E-state index contributed by atoms with van der Waals surface area (Å²) in [5.41, 5.74) is 8.79. The van der Waals surface area contributed by atoms with Gasteiger partial charge >= 0.3 is 0 Å². The first-order chi connectivity index (χ1) is 12.8. The topological polar surface area (TPSA) is 90.0 Å². The lowest BCUT2D eigenvalue weighted by Gasteiger charge is -2.26. The minimum Gasteiger partial charge on any atom is -0.497 e. The molecule has 0 spiro atoms. The van der Waals surface area contributed by atoms with Gasteiger partial charge in [-0.2, -0.15) is 0 Å². The number of anilines is 2. The molecule has 26 heavy (non-hydrogen) atoms. The zero-order valence-electron chi connectivity index (χ0n) is 14.5. The van der Waals surface area contributed by atoms with E-state index in [4.69, 9.17) is 10.5 Å². The molecule has 1 unspecified atom stereocenters. The molecule has 0 radical (unpaired) electrons. The molecule has 3 aromatic rings. The van der Waals surface area contributed by atoms with E-state index < -0.39 is 0 Å². The summed E-state index contributed by atoms with van der Waals surface area (Å²) in [4.78, 5) is 19.7. The van der Waals surface area contributed by atoms with E-state index in [1.54, 1.807) is 31.9 Å². The van der Waals surface area contributed by atoms with E-state index in [1.807, 2.05) is 24.3 Å². The SMILES string of the molecule is COc1cccc(-c2cnc(N)nc2C2CCCN2c2cnccn2)c1. The Morgan fingerprint density at radius 3 is 2.92 bits per heavy atom. The minimum absolute atomic E-state index is 0.0817. The molecule has 2 aromatic heterocycles. The maximum absolute atomic E-state index is 5.92. The van der Waals surface area contributed by atoms with Gasteiger partial charge < -0.3 is 15.4 Å². The van der Waals surface area contributed by atoms with Crippen molar-refractivity contribution >= 4 is 11.8 Å². The number of methoxy groups -OCH3 is 1. The van der Waals surface area contributed by atoms with Gasteiger partial charge in [-0.1, -0.05) is 12.1 Å². The van der Waals surface area contributed by atoms with Crippen LogP contribution in [-0.2, 0) is 0 Å². The Bertz CT molecular complexity index is 902. The second-order valence-corrected chi connectivity index (χ2v) is 6.17. The number of nitrogens with two attached hydrogens (primary N) is 1. The fourth-order valence-corrected chi connectivity index (χ4v) is 3.44. The Balaban J connectivity index is 1.79. The van der Waals surface area contributed by atoms with Gasteiger partial charge in [0, 0.05) is 30.7 Å². The molecule has 0 saturated carbocycles. The van der Waals surface area contributed by atoms with Crippen molar-refractivity contribution in [3.8, 4) is 16.9 Å². The van der Waals surface area contributed by atoms with Crippen LogP contribution in [0.25, 0.3) is 11.1 Å². The molecule has 0 aliphatic carbocycles. The lowest BCUT2D eigenvalue weighted by Crippen LogP contribution is -2.25. The van der Waals surface area contributed by atoms with E-state index in [2.05, 4.69) is 24.8 Å². The van der Waals surface area contributed by atoms with Gasteiger partial charge in [-0.05, 0) is 30.5 Å². The molecule has 132 valence electrons.